The van der Waals surface area contributed by atoms with Crippen LogP contribution in [-0.4, -0.2) is 28.9 Å². The minimum atomic E-state index is 0.430. The number of hydrogen-bond acceptors (Lipinski definition) is 7. The van der Waals surface area contributed by atoms with Gasteiger partial charge in [-0.15, -0.1) is 0 Å². The lowest BCUT2D eigenvalue weighted by molar-refractivity contribution is 0.825. The third kappa shape index (κ3) is 1.96. The highest BCUT2D eigenvalue weighted by atomic mass is 35.5. The molecule has 3 aromatic rings. The quantitative estimate of drug-likeness (QED) is 0.677. The summed E-state index contributed by atoms with van der Waals surface area (Å²) in [4.78, 5) is 12.5. The highest BCUT2D eigenvalue weighted by Gasteiger charge is 2.15. The fourth-order valence-electron chi connectivity index (χ4n) is 1.40. The van der Waals surface area contributed by atoms with Crippen LogP contribution in [0.5, 0.6) is 0 Å². The van der Waals surface area contributed by atoms with Gasteiger partial charge in [0.05, 0.1) is 0 Å². The Bertz CT molecular complexity index is 721. The first kappa shape index (κ1) is 11.8. The molecule has 0 fully saturated rings. The molecule has 3 rings (SSSR count). The van der Waals surface area contributed by atoms with Crippen LogP contribution in [0.25, 0.3) is 5.78 Å². The first-order valence-electron chi connectivity index (χ1n) is 4.99. The molecule has 3 aromatic heterocycles. The topological polar surface area (TPSA) is 68.9 Å². The van der Waals surface area contributed by atoms with E-state index in [9.17, 15) is 0 Å². The molecule has 0 aliphatic carbocycles. The highest BCUT2D eigenvalue weighted by Crippen LogP contribution is 2.33. The molecule has 0 amide bonds. The van der Waals surface area contributed by atoms with E-state index in [4.69, 9.17) is 11.6 Å². The van der Waals surface area contributed by atoms with Gasteiger partial charge in [-0.1, -0.05) is 11.6 Å². The van der Waals surface area contributed by atoms with Gasteiger partial charge in [0.25, 0.3) is 5.78 Å². The van der Waals surface area contributed by atoms with Gasteiger partial charge in [0.15, 0.2) is 4.34 Å². The molecule has 0 saturated heterocycles. The Balaban J connectivity index is 2.15. The molecular formula is C9H7ClN6S2. The molecule has 0 unspecified atom stereocenters. The summed E-state index contributed by atoms with van der Waals surface area (Å²) in [5.41, 5.74) is 0.854. The average molecular weight is 299 g/mol. The summed E-state index contributed by atoms with van der Waals surface area (Å²) in [5, 5.41) is 5.43. The zero-order valence-corrected chi connectivity index (χ0v) is 11.8. The normalized spacial score (nSPS) is 11.3. The van der Waals surface area contributed by atoms with Crippen LogP contribution in [0.4, 0.5) is 0 Å². The number of rotatable bonds is 2. The van der Waals surface area contributed by atoms with Crippen molar-refractivity contribution in [2.24, 2.45) is 0 Å². The van der Waals surface area contributed by atoms with Crippen molar-refractivity contribution in [3.05, 3.63) is 22.9 Å². The van der Waals surface area contributed by atoms with Crippen LogP contribution >= 0.6 is 34.9 Å². The van der Waals surface area contributed by atoms with E-state index in [0.717, 1.165) is 20.8 Å². The van der Waals surface area contributed by atoms with Gasteiger partial charge in [0.2, 0.25) is 0 Å². The van der Waals surface area contributed by atoms with Gasteiger partial charge < -0.3 is 0 Å². The Morgan fingerprint density at radius 2 is 2.17 bits per heavy atom. The molecule has 0 aliphatic heterocycles. The van der Waals surface area contributed by atoms with E-state index in [2.05, 4.69) is 24.4 Å². The third-order valence-electron chi connectivity index (χ3n) is 2.24. The Hall–Kier alpha value is -1.25. The summed E-state index contributed by atoms with van der Waals surface area (Å²) < 4.78 is 6.65. The third-order valence-corrected chi connectivity index (χ3v) is 4.63. The highest BCUT2D eigenvalue weighted by molar-refractivity contribution is 8.00. The maximum absolute atomic E-state index is 6.08. The number of halogens is 1. The number of fused-ring (bicyclic) bond motifs is 1. The first-order chi connectivity index (χ1) is 8.65. The number of nitrogens with zero attached hydrogens (tertiary/aromatic N) is 6. The van der Waals surface area contributed by atoms with Crippen LogP contribution in [-0.2, 0) is 0 Å². The van der Waals surface area contributed by atoms with E-state index in [1.54, 1.807) is 4.52 Å². The minimum absolute atomic E-state index is 0.430. The number of aromatic nitrogens is 6. The molecule has 0 N–H and O–H groups in total. The lowest BCUT2D eigenvalue weighted by Crippen LogP contribution is -1.99. The van der Waals surface area contributed by atoms with Crippen LogP contribution in [0.3, 0.4) is 0 Å². The van der Waals surface area contributed by atoms with Crippen molar-refractivity contribution >= 4 is 40.7 Å². The molecule has 9 heteroatoms. The maximum atomic E-state index is 6.08. The minimum Gasteiger partial charge on any atom is -0.213 e. The van der Waals surface area contributed by atoms with E-state index in [1.165, 1.54) is 29.6 Å². The second kappa shape index (κ2) is 4.45. The molecule has 0 atom stereocenters. The summed E-state index contributed by atoms with van der Waals surface area (Å²) in [6, 6.07) is 0. The van der Waals surface area contributed by atoms with Crippen molar-refractivity contribution in [2.45, 2.75) is 23.2 Å². The van der Waals surface area contributed by atoms with Crippen LogP contribution in [0, 0.1) is 13.8 Å². The monoisotopic (exact) mass is 298 g/mol. The van der Waals surface area contributed by atoms with Crippen LogP contribution in [0.1, 0.15) is 11.4 Å². The van der Waals surface area contributed by atoms with Gasteiger partial charge in [-0.2, -0.15) is 24.0 Å². The Morgan fingerprint density at radius 3 is 2.89 bits per heavy atom. The average Bonchev–Trinajstić information content (AvgIpc) is 2.93. The van der Waals surface area contributed by atoms with Gasteiger partial charge in [-0.05, 0) is 37.1 Å². The van der Waals surface area contributed by atoms with Gasteiger partial charge in [-0.3, -0.25) is 0 Å². The predicted molar refractivity (Wildman–Crippen MR) is 69.3 cm³/mol. The van der Waals surface area contributed by atoms with Crippen LogP contribution in [0.15, 0.2) is 15.7 Å². The SMILES string of the molecule is Cc1nsc(Sc2c(C)c(Cl)nc3ncnn23)n1. The molecule has 0 saturated carbocycles. The van der Waals surface area contributed by atoms with E-state index >= 15 is 0 Å². The van der Waals surface area contributed by atoms with E-state index in [0.29, 0.717) is 10.9 Å². The van der Waals surface area contributed by atoms with E-state index < -0.39 is 0 Å². The summed E-state index contributed by atoms with van der Waals surface area (Å²) >= 11 is 8.89. The standard InChI is InChI=1S/C9H7ClN6S2/c1-4-6(10)14-8-11-3-12-16(8)7(4)17-9-13-5(2)15-18-9/h3H,1-2H3. The summed E-state index contributed by atoms with van der Waals surface area (Å²) in [6.45, 7) is 3.75. The molecule has 18 heavy (non-hydrogen) atoms. The lowest BCUT2D eigenvalue weighted by Gasteiger charge is -2.06. The fraction of sp³-hybridized carbons (Fsp3) is 0.222. The largest absolute Gasteiger partial charge is 0.254 e. The summed E-state index contributed by atoms with van der Waals surface area (Å²) in [7, 11) is 0. The van der Waals surface area contributed by atoms with Crippen molar-refractivity contribution in [3.63, 3.8) is 0 Å². The summed E-state index contributed by atoms with van der Waals surface area (Å²) in [5.74, 6) is 1.24. The molecular weight excluding hydrogens is 292 g/mol. The zero-order valence-electron chi connectivity index (χ0n) is 9.46. The van der Waals surface area contributed by atoms with E-state index in [1.807, 2.05) is 13.8 Å². The maximum Gasteiger partial charge on any atom is 0.254 e. The second-order valence-electron chi connectivity index (χ2n) is 3.51. The van der Waals surface area contributed by atoms with Crippen LogP contribution in [0.2, 0.25) is 5.15 Å². The molecule has 3 heterocycles. The Labute approximate surface area is 116 Å². The van der Waals surface area contributed by atoms with Crippen molar-refractivity contribution in [3.8, 4) is 0 Å². The molecule has 0 bridgehead atoms. The van der Waals surface area contributed by atoms with Crippen molar-refractivity contribution in [1.29, 1.82) is 0 Å². The van der Waals surface area contributed by atoms with Crippen LogP contribution < -0.4 is 0 Å². The second-order valence-corrected chi connectivity index (χ2v) is 5.86. The molecule has 0 aromatic carbocycles. The Morgan fingerprint density at radius 1 is 1.33 bits per heavy atom. The van der Waals surface area contributed by atoms with Gasteiger partial charge >= 0.3 is 0 Å². The molecule has 0 aliphatic rings. The van der Waals surface area contributed by atoms with Gasteiger partial charge in [0.1, 0.15) is 22.3 Å². The lowest BCUT2D eigenvalue weighted by atomic mass is 10.4. The summed E-state index contributed by atoms with van der Waals surface area (Å²) in [6.07, 6.45) is 1.45. The van der Waals surface area contributed by atoms with Crippen molar-refractivity contribution in [2.75, 3.05) is 0 Å². The zero-order chi connectivity index (χ0) is 12.7. The van der Waals surface area contributed by atoms with Crippen molar-refractivity contribution < 1.29 is 0 Å². The predicted octanol–water partition coefficient (Wildman–Crippen LogP) is 2.40. The Kier molecular flexibility index (Phi) is 2.92. The molecule has 6 nitrogen and oxygen atoms in total. The number of aryl methyl sites for hydroxylation is 1. The molecule has 92 valence electrons. The van der Waals surface area contributed by atoms with Gasteiger partial charge in [-0.25, -0.2) is 4.98 Å². The van der Waals surface area contributed by atoms with Gasteiger partial charge in [0, 0.05) is 5.56 Å². The fourth-order valence-corrected chi connectivity index (χ4v) is 3.35. The first-order valence-corrected chi connectivity index (χ1v) is 6.96. The molecule has 0 spiro atoms. The van der Waals surface area contributed by atoms with Crippen molar-refractivity contribution in [1.82, 2.24) is 28.9 Å². The smallest absolute Gasteiger partial charge is 0.213 e. The van der Waals surface area contributed by atoms with E-state index in [-0.39, 0.29) is 0 Å². The number of hydrogen-bond donors (Lipinski definition) is 0. The molecule has 0 radical (unpaired) electrons.